The molecule has 0 N–H and O–H groups in total. The average Bonchev–Trinajstić information content (AvgIpc) is 2.69. The maximum Gasteiger partial charge on any atom is 0.345 e. The number of aryl methyl sites for hydroxylation is 1. The van der Waals surface area contributed by atoms with Crippen molar-refractivity contribution >= 4 is 23.5 Å². The van der Waals surface area contributed by atoms with Crippen molar-refractivity contribution in [2.24, 2.45) is 0 Å². The minimum atomic E-state index is -0.554. The van der Waals surface area contributed by atoms with Crippen LogP contribution in [0.3, 0.4) is 0 Å². The summed E-state index contributed by atoms with van der Waals surface area (Å²) in [5, 5.41) is 0.593. The summed E-state index contributed by atoms with van der Waals surface area (Å²) in [5.74, 6) is 4.63. The molecule has 7 nitrogen and oxygen atoms in total. The lowest BCUT2D eigenvalue weighted by Gasteiger charge is -2.08. The SMILES string of the molecule is CCOCCOCCOC(=O)C=CC#CCOC(=O)COc1ccc(Cl)cc1C. The standard InChI is InChI=1S/C21H25ClO7/c1-3-25-11-12-26-13-14-28-20(23)7-5-4-6-10-27-21(24)16-29-19-9-8-18(22)15-17(19)2/h5,7-9,15H,3,10-14,16H2,1-2H3. The van der Waals surface area contributed by atoms with Crippen LogP contribution in [0.4, 0.5) is 0 Å². The molecule has 1 aromatic carbocycles. The van der Waals surface area contributed by atoms with Gasteiger partial charge in [-0.2, -0.15) is 0 Å². The van der Waals surface area contributed by atoms with Crippen LogP contribution in [0.2, 0.25) is 5.02 Å². The van der Waals surface area contributed by atoms with Crippen molar-refractivity contribution in [3.05, 3.63) is 40.9 Å². The van der Waals surface area contributed by atoms with Gasteiger partial charge in [-0.1, -0.05) is 23.4 Å². The third-order valence-electron chi connectivity index (χ3n) is 3.24. The fraction of sp³-hybridized carbons (Fsp3) is 0.429. The molecule has 0 fully saturated rings. The molecule has 0 amide bonds. The van der Waals surface area contributed by atoms with Crippen molar-refractivity contribution in [2.75, 3.05) is 46.2 Å². The van der Waals surface area contributed by atoms with E-state index in [4.69, 9.17) is 35.3 Å². The molecule has 0 saturated carbocycles. The number of ether oxygens (including phenoxy) is 5. The number of esters is 2. The summed E-state index contributed by atoms with van der Waals surface area (Å²) in [7, 11) is 0. The van der Waals surface area contributed by atoms with Gasteiger partial charge in [-0.25, -0.2) is 9.59 Å². The fourth-order valence-electron chi connectivity index (χ4n) is 1.89. The van der Waals surface area contributed by atoms with Gasteiger partial charge in [-0.3, -0.25) is 0 Å². The van der Waals surface area contributed by atoms with Gasteiger partial charge in [0.05, 0.1) is 19.8 Å². The van der Waals surface area contributed by atoms with E-state index in [1.165, 1.54) is 12.2 Å². The Hall–Kier alpha value is -2.53. The Morgan fingerprint density at radius 2 is 1.86 bits per heavy atom. The first-order chi connectivity index (χ1) is 14.0. The zero-order chi connectivity index (χ0) is 21.3. The number of rotatable bonds is 12. The molecule has 0 unspecified atom stereocenters. The van der Waals surface area contributed by atoms with E-state index in [1.807, 2.05) is 13.8 Å². The molecule has 1 aromatic rings. The maximum absolute atomic E-state index is 11.6. The van der Waals surface area contributed by atoms with E-state index in [1.54, 1.807) is 18.2 Å². The Morgan fingerprint density at radius 3 is 2.62 bits per heavy atom. The monoisotopic (exact) mass is 424 g/mol. The Balaban J connectivity index is 2.12. The Kier molecular flexibility index (Phi) is 13.0. The van der Waals surface area contributed by atoms with E-state index in [9.17, 15) is 9.59 Å². The van der Waals surface area contributed by atoms with Crippen molar-refractivity contribution in [3.8, 4) is 17.6 Å². The van der Waals surface area contributed by atoms with Gasteiger partial charge in [0.15, 0.2) is 13.2 Å². The van der Waals surface area contributed by atoms with Gasteiger partial charge in [-0.15, -0.1) is 0 Å². The van der Waals surface area contributed by atoms with Gasteiger partial charge in [0.25, 0.3) is 0 Å². The third kappa shape index (κ3) is 12.5. The minimum absolute atomic E-state index is 0.116. The highest BCUT2D eigenvalue weighted by Gasteiger charge is 2.05. The largest absolute Gasteiger partial charge is 0.482 e. The topological polar surface area (TPSA) is 80.3 Å². The molecule has 0 atom stereocenters. The van der Waals surface area contributed by atoms with E-state index in [0.717, 1.165) is 5.56 Å². The predicted octanol–water partition coefficient (Wildman–Crippen LogP) is 2.73. The Morgan fingerprint density at radius 1 is 1.10 bits per heavy atom. The van der Waals surface area contributed by atoms with Crippen LogP contribution < -0.4 is 4.74 Å². The van der Waals surface area contributed by atoms with E-state index in [-0.39, 0.29) is 19.8 Å². The molecule has 0 aliphatic rings. The minimum Gasteiger partial charge on any atom is -0.482 e. The second kappa shape index (κ2) is 15.4. The number of benzene rings is 1. The van der Waals surface area contributed by atoms with Gasteiger partial charge in [0, 0.05) is 17.7 Å². The molecule has 1 rings (SSSR count). The molecule has 0 saturated heterocycles. The molecule has 29 heavy (non-hydrogen) atoms. The average molecular weight is 425 g/mol. The molecule has 158 valence electrons. The van der Waals surface area contributed by atoms with Gasteiger partial charge < -0.3 is 23.7 Å². The van der Waals surface area contributed by atoms with E-state index in [0.29, 0.717) is 37.2 Å². The number of halogens is 1. The highest BCUT2D eigenvalue weighted by Crippen LogP contribution is 2.21. The Labute approximate surface area is 175 Å². The lowest BCUT2D eigenvalue weighted by Crippen LogP contribution is -2.15. The number of allylic oxidation sites excluding steroid dienone is 1. The first kappa shape index (κ1) is 24.5. The molecule has 8 heteroatoms. The summed E-state index contributed by atoms with van der Waals surface area (Å²) in [4.78, 5) is 23.0. The highest BCUT2D eigenvalue weighted by atomic mass is 35.5. The van der Waals surface area contributed by atoms with E-state index in [2.05, 4.69) is 11.8 Å². The smallest absolute Gasteiger partial charge is 0.345 e. The molecule has 0 spiro atoms. The van der Waals surface area contributed by atoms with Crippen LogP contribution >= 0.6 is 11.6 Å². The van der Waals surface area contributed by atoms with Crippen molar-refractivity contribution in [2.45, 2.75) is 13.8 Å². The van der Waals surface area contributed by atoms with Crippen LogP contribution in [0, 0.1) is 18.8 Å². The van der Waals surface area contributed by atoms with Crippen LogP contribution in [0.15, 0.2) is 30.4 Å². The maximum atomic E-state index is 11.6. The van der Waals surface area contributed by atoms with Gasteiger partial charge in [0.2, 0.25) is 0 Å². The second-order valence-corrected chi connectivity index (χ2v) is 5.93. The molecule has 0 aliphatic heterocycles. The molecule has 0 aliphatic carbocycles. The normalized spacial score (nSPS) is 10.3. The summed E-state index contributed by atoms with van der Waals surface area (Å²) in [6, 6.07) is 5.09. The number of hydrogen-bond acceptors (Lipinski definition) is 7. The zero-order valence-electron chi connectivity index (χ0n) is 16.6. The van der Waals surface area contributed by atoms with Crippen LogP contribution in [-0.2, 0) is 28.5 Å². The van der Waals surface area contributed by atoms with Crippen molar-refractivity contribution in [1.82, 2.24) is 0 Å². The van der Waals surface area contributed by atoms with Gasteiger partial charge in [-0.05, 0) is 43.7 Å². The lowest BCUT2D eigenvalue weighted by atomic mass is 10.2. The second-order valence-electron chi connectivity index (χ2n) is 5.49. The summed E-state index contributed by atoms with van der Waals surface area (Å²) in [6.07, 6.45) is 2.50. The van der Waals surface area contributed by atoms with Gasteiger partial charge >= 0.3 is 11.9 Å². The molecule has 0 heterocycles. The van der Waals surface area contributed by atoms with E-state index >= 15 is 0 Å². The molecular weight excluding hydrogens is 400 g/mol. The van der Waals surface area contributed by atoms with Crippen molar-refractivity contribution in [1.29, 1.82) is 0 Å². The summed E-state index contributed by atoms with van der Waals surface area (Å²) >= 11 is 5.86. The molecule has 0 aromatic heterocycles. The molecule has 0 radical (unpaired) electrons. The zero-order valence-corrected chi connectivity index (χ0v) is 17.3. The summed E-state index contributed by atoms with van der Waals surface area (Å²) in [5.41, 5.74) is 0.819. The predicted molar refractivity (Wildman–Crippen MR) is 108 cm³/mol. The van der Waals surface area contributed by atoms with Crippen molar-refractivity contribution in [3.63, 3.8) is 0 Å². The quantitative estimate of drug-likeness (QED) is 0.221. The first-order valence-corrected chi connectivity index (χ1v) is 9.42. The van der Waals surface area contributed by atoms with Crippen LogP contribution in [0.1, 0.15) is 12.5 Å². The summed E-state index contributed by atoms with van der Waals surface area (Å²) < 4.78 is 25.5. The molecule has 0 bridgehead atoms. The van der Waals surface area contributed by atoms with Gasteiger partial charge in [0.1, 0.15) is 12.4 Å². The lowest BCUT2D eigenvalue weighted by molar-refractivity contribution is -0.144. The number of carbonyl (C=O) groups is 2. The molecular formula is C21H25ClO7. The Bertz CT molecular complexity index is 734. The fourth-order valence-corrected chi connectivity index (χ4v) is 2.12. The van der Waals surface area contributed by atoms with E-state index < -0.39 is 11.9 Å². The van der Waals surface area contributed by atoms with Crippen LogP contribution in [-0.4, -0.2) is 58.2 Å². The van der Waals surface area contributed by atoms with Crippen molar-refractivity contribution < 1.29 is 33.3 Å². The number of carbonyl (C=O) groups excluding carboxylic acids is 2. The third-order valence-corrected chi connectivity index (χ3v) is 3.48. The highest BCUT2D eigenvalue weighted by molar-refractivity contribution is 6.30. The first-order valence-electron chi connectivity index (χ1n) is 9.04. The number of hydrogen-bond donors (Lipinski definition) is 0. The van der Waals surface area contributed by atoms with Crippen LogP contribution in [0.25, 0.3) is 0 Å². The summed E-state index contributed by atoms with van der Waals surface area (Å²) in [6.45, 7) is 5.42. The van der Waals surface area contributed by atoms with Crippen LogP contribution in [0.5, 0.6) is 5.75 Å².